The van der Waals surface area contributed by atoms with Crippen LogP contribution in [0.3, 0.4) is 0 Å². The van der Waals surface area contributed by atoms with Crippen molar-refractivity contribution in [3.63, 3.8) is 0 Å². The lowest BCUT2D eigenvalue weighted by Crippen LogP contribution is -2.39. The van der Waals surface area contributed by atoms with Gasteiger partial charge >= 0.3 is 0 Å². The highest BCUT2D eigenvalue weighted by Gasteiger charge is 2.21. The number of rotatable bonds is 5. The van der Waals surface area contributed by atoms with Crippen LogP contribution in [0.15, 0.2) is 24.5 Å². The summed E-state index contributed by atoms with van der Waals surface area (Å²) in [5.41, 5.74) is 7.26. The predicted molar refractivity (Wildman–Crippen MR) is 63.5 cm³/mol. The molecular weight excluding hydrogens is 186 g/mol. The molecule has 0 aromatic carbocycles. The molecule has 0 fully saturated rings. The average molecular weight is 207 g/mol. The summed E-state index contributed by atoms with van der Waals surface area (Å²) in [5.74, 6) is 0. The molecule has 0 aliphatic carbocycles. The van der Waals surface area contributed by atoms with Gasteiger partial charge in [-0.3, -0.25) is 9.88 Å². The van der Waals surface area contributed by atoms with E-state index in [1.54, 1.807) is 6.20 Å². The number of hydrogen-bond donors (Lipinski definition) is 1. The van der Waals surface area contributed by atoms with Gasteiger partial charge in [-0.25, -0.2) is 0 Å². The SMILES string of the molecule is CCN(CC)C(c1cccnc1)C(C)N. The van der Waals surface area contributed by atoms with Crippen LogP contribution in [0.2, 0.25) is 0 Å². The molecule has 84 valence electrons. The molecular formula is C12H21N3. The molecule has 1 rings (SSSR count). The maximum absolute atomic E-state index is 6.05. The molecule has 2 N–H and O–H groups in total. The highest BCUT2D eigenvalue weighted by Crippen LogP contribution is 2.21. The number of likely N-dealkylation sites (N-methyl/N-ethyl adjacent to an activating group) is 1. The van der Waals surface area contributed by atoms with Gasteiger partial charge in [0.05, 0.1) is 6.04 Å². The molecule has 0 saturated heterocycles. The Balaban J connectivity index is 2.92. The summed E-state index contributed by atoms with van der Waals surface area (Å²) in [6.07, 6.45) is 3.70. The van der Waals surface area contributed by atoms with Crippen LogP contribution in [-0.4, -0.2) is 29.0 Å². The fraction of sp³-hybridized carbons (Fsp3) is 0.583. The quantitative estimate of drug-likeness (QED) is 0.800. The van der Waals surface area contributed by atoms with Crippen LogP contribution in [-0.2, 0) is 0 Å². The van der Waals surface area contributed by atoms with Crippen LogP contribution in [0.5, 0.6) is 0 Å². The lowest BCUT2D eigenvalue weighted by molar-refractivity contribution is 0.195. The Morgan fingerprint density at radius 2 is 2.07 bits per heavy atom. The van der Waals surface area contributed by atoms with Gasteiger partial charge in [0.2, 0.25) is 0 Å². The summed E-state index contributed by atoms with van der Waals surface area (Å²) >= 11 is 0. The van der Waals surface area contributed by atoms with Crippen molar-refractivity contribution < 1.29 is 0 Å². The Morgan fingerprint density at radius 3 is 2.47 bits per heavy atom. The molecule has 1 aromatic rings. The van der Waals surface area contributed by atoms with Crippen molar-refractivity contribution in [2.45, 2.75) is 32.9 Å². The second-order valence-electron chi connectivity index (χ2n) is 3.81. The molecule has 0 aliphatic heterocycles. The highest BCUT2D eigenvalue weighted by atomic mass is 15.2. The maximum Gasteiger partial charge on any atom is 0.0511 e. The first-order chi connectivity index (χ1) is 7.20. The topological polar surface area (TPSA) is 42.2 Å². The minimum Gasteiger partial charge on any atom is -0.326 e. The molecule has 0 saturated carbocycles. The fourth-order valence-corrected chi connectivity index (χ4v) is 2.01. The summed E-state index contributed by atoms with van der Waals surface area (Å²) < 4.78 is 0. The maximum atomic E-state index is 6.05. The lowest BCUT2D eigenvalue weighted by atomic mass is 10.0. The van der Waals surface area contributed by atoms with Gasteiger partial charge in [-0.2, -0.15) is 0 Å². The van der Waals surface area contributed by atoms with E-state index in [4.69, 9.17) is 5.73 Å². The molecule has 3 heteroatoms. The molecule has 0 aliphatic rings. The summed E-state index contributed by atoms with van der Waals surface area (Å²) in [7, 11) is 0. The molecule has 1 heterocycles. The molecule has 3 nitrogen and oxygen atoms in total. The van der Waals surface area contributed by atoms with E-state index >= 15 is 0 Å². The van der Waals surface area contributed by atoms with E-state index in [9.17, 15) is 0 Å². The van der Waals surface area contributed by atoms with E-state index in [1.807, 2.05) is 12.3 Å². The number of aromatic nitrogens is 1. The van der Waals surface area contributed by atoms with Gasteiger partial charge < -0.3 is 5.73 Å². The van der Waals surface area contributed by atoms with Crippen molar-refractivity contribution in [3.8, 4) is 0 Å². The summed E-state index contributed by atoms with van der Waals surface area (Å²) in [5, 5.41) is 0. The zero-order valence-electron chi connectivity index (χ0n) is 9.85. The van der Waals surface area contributed by atoms with Crippen molar-refractivity contribution in [1.29, 1.82) is 0 Å². The number of pyridine rings is 1. The van der Waals surface area contributed by atoms with Gasteiger partial charge in [-0.15, -0.1) is 0 Å². The Bertz CT molecular complexity index is 267. The second kappa shape index (κ2) is 5.83. The third-order valence-electron chi connectivity index (χ3n) is 2.73. The molecule has 2 unspecified atom stereocenters. The van der Waals surface area contributed by atoms with Crippen LogP contribution in [0.1, 0.15) is 32.4 Å². The third kappa shape index (κ3) is 3.01. The van der Waals surface area contributed by atoms with E-state index in [1.165, 1.54) is 5.56 Å². The van der Waals surface area contributed by atoms with Crippen molar-refractivity contribution >= 4 is 0 Å². The first kappa shape index (κ1) is 12.1. The second-order valence-corrected chi connectivity index (χ2v) is 3.81. The van der Waals surface area contributed by atoms with E-state index in [0.29, 0.717) is 0 Å². The first-order valence-electron chi connectivity index (χ1n) is 5.60. The Morgan fingerprint density at radius 1 is 1.40 bits per heavy atom. The molecule has 0 bridgehead atoms. The minimum atomic E-state index is 0.120. The van der Waals surface area contributed by atoms with Gasteiger partial charge in [-0.05, 0) is 31.6 Å². The largest absolute Gasteiger partial charge is 0.326 e. The van der Waals surface area contributed by atoms with Crippen molar-refractivity contribution in [1.82, 2.24) is 9.88 Å². The fourth-order valence-electron chi connectivity index (χ4n) is 2.01. The standard InChI is InChI=1S/C12H21N3/c1-4-15(5-2)12(10(3)13)11-7-6-8-14-9-11/h6-10,12H,4-5,13H2,1-3H3. The Hall–Kier alpha value is -0.930. The minimum absolute atomic E-state index is 0.120. The van der Waals surface area contributed by atoms with Crippen molar-refractivity contribution in [2.24, 2.45) is 5.73 Å². The van der Waals surface area contributed by atoms with Gasteiger partial charge in [0.25, 0.3) is 0 Å². The van der Waals surface area contributed by atoms with Crippen LogP contribution in [0.4, 0.5) is 0 Å². The van der Waals surface area contributed by atoms with Crippen molar-refractivity contribution in [3.05, 3.63) is 30.1 Å². The van der Waals surface area contributed by atoms with E-state index in [-0.39, 0.29) is 12.1 Å². The highest BCUT2D eigenvalue weighted by molar-refractivity contribution is 5.15. The third-order valence-corrected chi connectivity index (χ3v) is 2.73. The smallest absolute Gasteiger partial charge is 0.0511 e. The summed E-state index contributed by atoms with van der Waals surface area (Å²) in [4.78, 5) is 6.52. The van der Waals surface area contributed by atoms with Crippen molar-refractivity contribution in [2.75, 3.05) is 13.1 Å². The monoisotopic (exact) mass is 207 g/mol. The van der Waals surface area contributed by atoms with E-state index < -0.39 is 0 Å². The molecule has 0 radical (unpaired) electrons. The van der Waals surface area contributed by atoms with Gasteiger partial charge in [0.1, 0.15) is 0 Å². The van der Waals surface area contributed by atoms with E-state index in [0.717, 1.165) is 13.1 Å². The molecule has 2 atom stereocenters. The number of hydrogen-bond acceptors (Lipinski definition) is 3. The van der Waals surface area contributed by atoms with E-state index in [2.05, 4.69) is 36.7 Å². The predicted octanol–water partition coefficient (Wildman–Crippen LogP) is 1.81. The number of nitrogens with two attached hydrogens (primary N) is 1. The van der Waals surface area contributed by atoms with Gasteiger partial charge in [0.15, 0.2) is 0 Å². The average Bonchev–Trinajstić information content (AvgIpc) is 2.26. The van der Waals surface area contributed by atoms with Crippen LogP contribution in [0.25, 0.3) is 0 Å². The summed E-state index contributed by atoms with van der Waals surface area (Å²) in [6.45, 7) is 8.40. The van der Waals surface area contributed by atoms with Crippen LogP contribution >= 0.6 is 0 Å². The Kier molecular flexibility index (Phi) is 4.72. The first-order valence-corrected chi connectivity index (χ1v) is 5.60. The Labute approximate surface area is 92.3 Å². The van der Waals surface area contributed by atoms with Gasteiger partial charge in [-0.1, -0.05) is 19.9 Å². The lowest BCUT2D eigenvalue weighted by Gasteiger charge is -2.32. The molecule has 15 heavy (non-hydrogen) atoms. The zero-order valence-corrected chi connectivity index (χ0v) is 9.85. The van der Waals surface area contributed by atoms with Gasteiger partial charge in [0, 0.05) is 18.4 Å². The van der Waals surface area contributed by atoms with Crippen LogP contribution < -0.4 is 5.73 Å². The normalized spacial score (nSPS) is 15.3. The molecule has 0 spiro atoms. The molecule has 1 aromatic heterocycles. The summed E-state index contributed by atoms with van der Waals surface area (Å²) in [6, 6.07) is 4.45. The van der Waals surface area contributed by atoms with Crippen LogP contribution in [0, 0.1) is 0 Å². The number of nitrogens with zero attached hydrogens (tertiary/aromatic N) is 2. The zero-order chi connectivity index (χ0) is 11.3. The molecule has 0 amide bonds.